The molecule has 1 saturated heterocycles. The first-order chi connectivity index (χ1) is 16.3. The largest absolute Gasteiger partial charge is 0.463 e. The number of carbonyl (C=O) groups excluding carboxylic acids is 3. The topological polar surface area (TPSA) is 88.2 Å². The van der Waals surface area contributed by atoms with Gasteiger partial charge in [-0.2, -0.15) is 0 Å². The van der Waals surface area contributed by atoms with Crippen molar-refractivity contribution in [1.82, 2.24) is 15.1 Å². The molecule has 1 N–H and O–H groups in total. The van der Waals surface area contributed by atoms with Crippen molar-refractivity contribution in [3.63, 3.8) is 0 Å². The summed E-state index contributed by atoms with van der Waals surface area (Å²) in [6.07, 6.45) is 0.829. The number of morpholine rings is 1. The minimum absolute atomic E-state index is 0.0216. The van der Waals surface area contributed by atoms with Crippen LogP contribution in [0, 0.1) is 0 Å². The molecule has 10 heteroatoms. The van der Waals surface area contributed by atoms with Crippen molar-refractivity contribution in [2.45, 2.75) is 32.6 Å². The lowest BCUT2D eigenvalue weighted by Crippen LogP contribution is -2.44. The van der Waals surface area contributed by atoms with Crippen LogP contribution in [0.15, 0.2) is 29.5 Å². The number of halogens is 2. The number of hydrogen-bond donors (Lipinski definition) is 1. The van der Waals surface area contributed by atoms with Gasteiger partial charge in [0, 0.05) is 37.7 Å². The highest BCUT2D eigenvalue weighted by atomic mass is 35.5. The molecule has 1 aromatic rings. The van der Waals surface area contributed by atoms with Crippen LogP contribution in [0.4, 0.5) is 0 Å². The van der Waals surface area contributed by atoms with Gasteiger partial charge in [0.1, 0.15) is 6.54 Å². The fourth-order valence-electron chi connectivity index (χ4n) is 4.25. The van der Waals surface area contributed by atoms with Crippen LogP contribution < -0.4 is 5.32 Å². The lowest BCUT2D eigenvalue weighted by Gasteiger charge is -2.34. The second kappa shape index (κ2) is 12.5. The van der Waals surface area contributed by atoms with E-state index >= 15 is 0 Å². The van der Waals surface area contributed by atoms with E-state index in [1.165, 1.54) is 4.90 Å². The third-order valence-corrected chi connectivity index (χ3v) is 6.78. The zero-order chi connectivity index (χ0) is 24.7. The van der Waals surface area contributed by atoms with E-state index in [1.54, 1.807) is 32.0 Å². The van der Waals surface area contributed by atoms with Gasteiger partial charge in [-0.15, -0.1) is 0 Å². The Labute approximate surface area is 210 Å². The molecule has 0 aliphatic carbocycles. The van der Waals surface area contributed by atoms with Gasteiger partial charge in [-0.05, 0) is 44.5 Å². The summed E-state index contributed by atoms with van der Waals surface area (Å²) in [6, 6.07) is 5.04. The van der Waals surface area contributed by atoms with E-state index in [-0.39, 0.29) is 31.4 Å². The number of carbonyl (C=O) groups is 3. The predicted octanol–water partition coefficient (Wildman–Crippen LogP) is 2.98. The van der Waals surface area contributed by atoms with Gasteiger partial charge in [-0.1, -0.05) is 29.3 Å². The maximum atomic E-state index is 13.0. The quantitative estimate of drug-likeness (QED) is 0.405. The standard InChI is InChI=1S/C24H31Cl2N3O5/c1-3-34-24(32)23-16(2)29(15-21(30)27-7-4-8-28-9-11-33-12-10-28)22(31)14-18(23)17-5-6-19(25)20(26)13-17/h5-6,13,18H,3-4,7-12,14-15H2,1-2H3,(H,27,30). The highest BCUT2D eigenvalue weighted by Crippen LogP contribution is 2.38. The Balaban J connectivity index is 1.69. The van der Waals surface area contributed by atoms with Crippen LogP contribution in [0.2, 0.25) is 10.0 Å². The lowest BCUT2D eigenvalue weighted by atomic mass is 9.83. The van der Waals surface area contributed by atoms with Crippen LogP contribution >= 0.6 is 23.2 Å². The summed E-state index contributed by atoms with van der Waals surface area (Å²) in [6.45, 7) is 8.09. The molecule has 186 valence electrons. The molecule has 0 radical (unpaired) electrons. The van der Waals surface area contributed by atoms with Crippen molar-refractivity contribution in [3.8, 4) is 0 Å². The minimum Gasteiger partial charge on any atom is -0.463 e. The van der Waals surface area contributed by atoms with Gasteiger partial charge < -0.3 is 19.7 Å². The lowest BCUT2D eigenvalue weighted by molar-refractivity contribution is -0.141. The first kappa shape index (κ1) is 26.5. The molecule has 2 heterocycles. The van der Waals surface area contributed by atoms with Gasteiger partial charge in [0.15, 0.2) is 0 Å². The molecule has 0 saturated carbocycles. The zero-order valence-electron chi connectivity index (χ0n) is 19.6. The van der Waals surface area contributed by atoms with Crippen LogP contribution in [0.25, 0.3) is 0 Å². The Kier molecular flexibility index (Phi) is 9.76. The van der Waals surface area contributed by atoms with Crippen LogP contribution in [-0.4, -0.2) is 80.1 Å². The molecule has 0 spiro atoms. The summed E-state index contributed by atoms with van der Waals surface area (Å²) >= 11 is 12.2. The van der Waals surface area contributed by atoms with E-state index in [0.717, 1.165) is 39.3 Å². The van der Waals surface area contributed by atoms with Gasteiger partial charge in [-0.3, -0.25) is 14.5 Å². The van der Waals surface area contributed by atoms with E-state index < -0.39 is 11.9 Å². The zero-order valence-corrected chi connectivity index (χ0v) is 21.1. The van der Waals surface area contributed by atoms with Gasteiger partial charge in [-0.25, -0.2) is 4.79 Å². The van der Waals surface area contributed by atoms with Crippen molar-refractivity contribution in [3.05, 3.63) is 45.1 Å². The Morgan fingerprint density at radius 1 is 1.21 bits per heavy atom. The van der Waals surface area contributed by atoms with E-state index in [1.807, 2.05) is 0 Å². The number of allylic oxidation sites excluding steroid dienone is 1. The Morgan fingerprint density at radius 3 is 2.62 bits per heavy atom. The number of esters is 1. The highest BCUT2D eigenvalue weighted by Gasteiger charge is 2.37. The average molecular weight is 512 g/mol. The number of benzene rings is 1. The summed E-state index contributed by atoms with van der Waals surface area (Å²) in [4.78, 5) is 42.1. The van der Waals surface area contributed by atoms with Crippen molar-refractivity contribution in [1.29, 1.82) is 0 Å². The maximum absolute atomic E-state index is 13.0. The number of nitrogens with zero attached hydrogens (tertiary/aromatic N) is 2. The van der Waals surface area contributed by atoms with E-state index in [9.17, 15) is 14.4 Å². The molecule has 8 nitrogen and oxygen atoms in total. The number of hydrogen-bond acceptors (Lipinski definition) is 6. The van der Waals surface area contributed by atoms with Gasteiger partial charge in [0.05, 0.1) is 35.4 Å². The van der Waals surface area contributed by atoms with Crippen LogP contribution in [0.1, 0.15) is 38.2 Å². The Hall–Kier alpha value is -2.13. The van der Waals surface area contributed by atoms with Crippen molar-refractivity contribution in [2.75, 3.05) is 52.5 Å². The molecule has 1 fully saturated rings. The van der Waals surface area contributed by atoms with Gasteiger partial charge in [0.25, 0.3) is 0 Å². The molecule has 2 amide bonds. The molecule has 2 aliphatic rings. The van der Waals surface area contributed by atoms with Crippen LogP contribution in [0.5, 0.6) is 0 Å². The predicted molar refractivity (Wildman–Crippen MR) is 130 cm³/mol. The summed E-state index contributed by atoms with van der Waals surface area (Å²) in [5, 5.41) is 3.60. The van der Waals surface area contributed by atoms with Crippen LogP contribution in [-0.2, 0) is 23.9 Å². The number of nitrogens with one attached hydrogen (secondary N) is 1. The second-order valence-electron chi connectivity index (χ2n) is 8.29. The van der Waals surface area contributed by atoms with E-state index in [0.29, 0.717) is 33.4 Å². The molecular formula is C24H31Cl2N3O5. The molecule has 0 aromatic heterocycles. The van der Waals surface area contributed by atoms with E-state index in [2.05, 4.69) is 10.2 Å². The third kappa shape index (κ3) is 6.72. The summed E-state index contributed by atoms with van der Waals surface area (Å²) in [7, 11) is 0. The summed E-state index contributed by atoms with van der Waals surface area (Å²) < 4.78 is 10.6. The first-order valence-corrected chi connectivity index (χ1v) is 12.3. The summed E-state index contributed by atoms with van der Waals surface area (Å²) in [5.41, 5.74) is 1.45. The second-order valence-corrected chi connectivity index (χ2v) is 9.10. The Morgan fingerprint density at radius 2 is 1.94 bits per heavy atom. The molecule has 3 rings (SSSR count). The molecule has 1 atom stereocenters. The molecule has 1 aromatic carbocycles. The number of ether oxygens (including phenoxy) is 2. The molecule has 1 unspecified atom stereocenters. The maximum Gasteiger partial charge on any atom is 0.336 e. The van der Waals surface area contributed by atoms with Crippen molar-refractivity contribution < 1.29 is 23.9 Å². The first-order valence-electron chi connectivity index (χ1n) is 11.5. The van der Waals surface area contributed by atoms with Crippen LogP contribution in [0.3, 0.4) is 0 Å². The number of rotatable bonds is 9. The molecular weight excluding hydrogens is 481 g/mol. The van der Waals surface area contributed by atoms with Gasteiger partial charge >= 0.3 is 5.97 Å². The summed E-state index contributed by atoms with van der Waals surface area (Å²) in [5.74, 6) is -1.57. The number of amides is 2. The Bertz CT molecular complexity index is 947. The fourth-order valence-corrected chi connectivity index (χ4v) is 4.55. The molecule has 2 aliphatic heterocycles. The third-order valence-electron chi connectivity index (χ3n) is 6.04. The SMILES string of the molecule is CCOC(=O)C1=C(C)N(CC(=O)NCCCN2CCOCC2)C(=O)CC1c1ccc(Cl)c(Cl)c1. The van der Waals surface area contributed by atoms with Crippen molar-refractivity contribution in [2.24, 2.45) is 0 Å². The minimum atomic E-state index is -0.533. The average Bonchev–Trinajstić information content (AvgIpc) is 2.81. The normalized spacial score (nSPS) is 19.4. The van der Waals surface area contributed by atoms with Crippen molar-refractivity contribution >= 4 is 41.0 Å². The molecule has 0 bridgehead atoms. The smallest absolute Gasteiger partial charge is 0.336 e. The molecule has 34 heavy (non-hydrogen) atoms. The monoisotopic (exact) mass is 511 g/mol. The van der Waals surface area contributed by atoms with Gasteiger partial charge in [0.2, 0.25) is 11.8 Å². The van der Waals surface area contributed by atoms with E-state index in [4.69, 9.17) is 32.7 Å². The highest BCUT2D eigenvalue weighted by molar-refractivity contribution is 6.42. The fraction of sp³-hybridized carbons (Fsp3) is 0.542.